The Morgan fingerprint density at radius 3 is 2.52 bits per heavy atom. The number of hydrogen-bond acceptors (Lipinski definition) is 6. The first-order valence-corrected chi connectivity index (χ1v) is 8.89. The minimum absolute atomic E-state index is 0.0609. The Bertz CT molecular complexity index is 979. The molecule has 1 aromatic heterocycles. The summed E-state index contributed by atoms with van der Waals surface area (Å²) in [6.45, 7) is 4.73. The van der Waals surface area contributed by atoms with Gasteiger partial charge in [-0.05, 0) is 25.0 Å². The van der Waals surface area contributed by atoms with Crippen molar-refractivity contribution in [3.05, 3.63) is 62.5 Å². The number of aromatic nitrogens is 1. The molecule has 0 aliphatic rings. The van der Waals surface area contributed by atoms with Crippen molar-refractivity contribution in [3.63, 3.8) is 0 Å². The van der Waals surface area contributed by atoms with E-state index in [1.165, 1.54) is 31.1 Å². The zero-order valence-electron chi connectivity index (χ0n) is 16.9. The number of carbonyl (C=O) groups excluding carboxylic acids is 3. The van der Waals surface area contributed by atoms with Crippen LogP contribution in [0.2, 0.25) is 0 Å². The predicted octanol–water partition coefficient (Wildman–Crippen LogP) is 2.98. The Morgan fingerprint density at radius 2 is 1.97 bits per heavy atom. The van der Waals surface area contributed by atoms with Crippen molar-refractivity contribution in [2.45, 2.75) is 33.2 Å². The number of amides is 1. The van der Waals surface area contributed by atoms with Crippen molar-refractivity contribution < 1.29 is 24.0 Å². The molecule has 9 heteroatoms. The standard InChI is InChI=1S/C20H23N3O6/c1-11-18(20(26)29-5)16(21-19(11)13(3)24)10-17(25)22(4)12(2)14-7-6-8-15(9-14)23(27)28/h6-9,12,21H,10H2,1-5H3. The average Bonchev–Trinajstić information content (AvgIpc) is 3.02. The molecule has 1 aromatic carbocycles. The molecule has 0 saturated carbocycles. The number of non-ortho nitro benzene ring substituents is 1. The number of aromatic amines is 1. The van der Waals surface area contributed by atoms with Gasteiger partial charge >= 0.3 is 5.97 Å². The molecule has 0 saturated heterocycles. The summed E-state index contributed by atoms with van der Waals surface area (Å²) in [6.07, 6.45) is -0.158. The number of ketones is 1. The second kappa shape index (κ2) is 8.68. The zero-order valence-corrected chi connectivity index (χ0v) is 16.9. The molecule has 0 bridgehead atoms. The minimum Gasteiger partial charge on any atom is -0.465 e. The van der Waals surface area contributed by atoms with E-state index in [9.17, 15) is 24.5 Å². The van der Waals surface area contributed by atoms with Crippen LogP contribution in [0.15, 0.2) is 24.3 Å². The number of likely N-dealkylation sites (N-methyl/N-ethyl adjacent to an activating group) is 1. The van der Waals surface area contributed by atoms with E-state index in [1.807, 2.05) is 0 Å². The van der Waals surface area contributed by atoms with Gasteiger partial charge in [0.1, 0.15) is 0 Å². The van der Waals surface area contributed by atoms with Gasteiger partial charge in [-0.25, -0.2) is 4.79 Å². The molecule has 0 radical (unpaired) electrons. The summed E-state index contributed by atoms with van der Waals surface area (Å²) in [7, 11) is 2.80. The number of carbonyl (C=O) groups is 3. The van der Waals surface area contributed by atoms with Crippen LogP contribution in [0.3, 0.4) is 0 Å². The summed E-state index contributed by atoms with van der Waals surface area (Å²) in [4.78, 5) is 51.6. The summed E-state index contributed by atoms with van der Waals surface area (Å²) in [5.74, 6) is -1.22. The molecule has 0 fully saturated rings. The maximum Gasteiger partial charge on any atom is 0.339 e. The first-order chi connectivity index (χ1) is 13.6. The molecule has 1 heterocycles. The van der Waals surface area contributed by atoms with Crippen LogP contribution in [-0.4, -0.2) is 46.6 Å². The number of esters is 1. The highest BCUT2D eigenvalue weighted by Crippen LogP contribution is 2.25. The lowest BCUT2D eigenvalue weighted by molar-refractivity contribution is -0.384. The normalized spacial score (nSPS) is 11.6. The van der Waals surface area contributed by atoms with Crippen molar-refractivity contribution in [1.29, 1.82) is 0 Å². The largest absolute Gasteiger partial charge is 0.465 e. The van der Waals surface area contributed by atoms with Gasteiger partial charge in [0.05, 0.1) is 35.8 Å². The smallest absolute Gasteiger partial charge is 0.339 e. The number of Topliss-reactive ketones (excluding diaryl/α,β-unsaturated/α-hetero) is 1. The summed E-state index contributed by atoms with van der Waals surface area (Å²) in [5.41, 5.74) is 1.69. The Kier molecular flexibility index (Phi) is 6.53. The van der Waals surface area contributed by atoms with Gasteiger partial charge in [-0.15, -0.1) is 0 Å². The minimum atomic E-state index is -0.636. The van der Waals surface area contributed by atoms with Crippen LogP contribution in [0.25, 0.3) is 0 Å². The third-order valence-electron chi connectivity index (χ3n) is 4.94. The van der Waals surface area contributed by atoms with Crippen LogP contribution in [0, 0.1) is 17.0 Å². The molecule has 1 unspecified atom stereocenters. The highest BCUT2D eigenvalue weighted by molar-refractivity contribution is 6.01. The third kappa shape index (κ3) is 4.50. The van der Waals surface area contributed by atoms with Crippen LogP contribution in [-0.2, 0) is 16.0 Å². The number of methoxy groups -OCH3 is 1. The summed E-state index contributed by atoms with van der Waals surface area (Å²) in [5, 5.41) is 11.0. The topological polar surface area (TPSA) is 123 Å². The molecule has 1 amide bonds. The molecule has 0 spiro atoms. The van der Waals surface area contributed by atoms with Gasteiger partial charge < -0.3 is 14.6 Å². The molecule has 1 N–H and O–H groups in total. The van der Waals surface area contributed by atoms with Crippen molar-refractivity contribution >= 4 is 23.3 Å². The summed E-state index contributed by atoms with van der Waals surface area (Å²) < 4.78 is 4.79. The van der Waals surface area contributed by atoms with Gasteiger partial charge in [-0.1, -0.05) is 12.1 Å². The van der Waals surface area contributed by atoms with E-state index in [2.05, 4.69) is 4.98 Å². The van der Waals surface area contributed by atoms with E-state index in [4.69, 9.17) is 4.74 Å². The number of nitrogens with one attached hydrogen (secondary N) is 1. The maximum absolute atomic E-state index is 12.8. The number of ether oxygens (including phenoxy) is 1. The first kappa shape index (κ1) is 21.8. The molecule has 1 atom stereocenters. The summed E-state index contributed by atoms with van der Waals surface area (Å²) >= 11 is 0. The monoisotopic (exact) mass is 401 g/mol. The summed E-state index contributed by atoms with van der Waals surface area (Å²) in [6, 6.07) is 5.62. The number of benzene rings is 1. The van der Waals surface area contributed by atoms with Gasteiger partial charge in [0, 0.05) is 31.8 Å². The lowest BCUT2D eigenvalue weighted by Crippen LogP contribution is -2.31. The lowest BCUT2D eigenvalue weighted by atomic mass is 10.0. The molecule has 0 aliphatic carbocycles. The molecule has 2 aromatic rings. The number of nitro benzene ring substituents is 1. The molecule has 29 heavy (non-hydrogen) atoms. The number of hydrogen-bond donors (Lipinski definition) is 1. The second-order valence-electron chi connectivity index (χ2n) is 6.74. The number of nitro groups is 1. The van der Waals surface area contributed by atoms with E-state index < -0.39 is 16.9 Å². The molecule has 154 valence electrons. The van der Waals surface area contributed by atoms with Gasteiger partial charge in [0.2, 0.25) is 5.91 Å². The van der Waals surface area contributed by atoms with Crippen LogP contribution >= 0.6 is 0 Å². The second-order valence-corrected chi connectivity index (χ2v) is 6.74. The number of nitrogens with zero attached hydrogens (tertiary/aromatic N) is 2. The van der Waals surface area contributed by atoms with Crippen molar-refractivity contribution in [1.82, 2.24) is 9.88 Å². The van der Waals surface area contributed by atoms with E-state index in [1.54, 1.807) is 33.0 Å². The predicted molar refractivity (Wildman–Crippen MR) is 105 cm³/mol. The lowest BCUT2D eigenvalue weighted by Gasteiger charge is -2.25. The Balaban J connectivity index is 2.30. The molecule has 0 aliphatic heterocycles. The molecular weight excluding hydrogens is 378 g/mol. The van der Waals surface area contributed by atoms with Gasteiger partial charge in [0.25, 0.3) is 5.69 Å². The van der Waals surface area contributed by atoms with Gasteiger partial charge in [-0.2, -0.15) is 0 Å². The Hall–Kier alpha value is -3.49. The fourth-order valence-electron chi connectivity index (χ4n) is 3.14. The third-order valence-corrected chi connectivity index (χ3v) is 4.94. The van der Waals surface area contributed by atoms with Crippen LogP contribution in [0.1, 0.15) is 57.6 Å². The van der Waals surface area contributed by atoms with Crippen LogP contribution in [0.5, 0.6) is 0 Å². The first-order valence-electron chi connectivity index (χ1n) is 8.89. The average molecular weight is 401 g/mol. The van der Waals surface area contributed by atoms with Gasteiger partial charge in [0.15, 0.2) is 5.78 Å². The SMILES string of the molecule is COC(=O)c1c(CC(=O)N(C)C(C)c2cccc([N+](=O)[O-])c2)[nH]c(C(C)=O)c1C. The highest BCUT2D eigenvalue weighted by Gasteiger charge is 2.26. The quantitative estimate of drug-likeness (QED) is 0.329. The van der Waals surface area contributed by atoms with E-state index >= 15 is 0 Å². The zero-order chi connectivity index (χ0) is 21.9. The van der Waals surface area contributed by atoms with Gasteiger partial charge in [-0.3, -0.25) is 19.7 Å². The maximum atomic E-state index is 12.8. The number of H-pyrrole nitrogens is 1. The molecule has 2 rings (SSSR count). The molecular formula is C20H23N3O6. The Labute approximate surface area is 167 Å². The number of rotatable bonds is 7. The fourth-order valence-corrected chi connectivity index (χ4v) is 3.14. The Morgan fingerprint density at radius 1 is 1.31 bits per heavy atom. The van der Waals surface area contributed by atoms with Crippen molar-refractivity contribution in [3.8, 4) is 0 Å². The van der Waals surface area contributed by atoms with Crippen LogP contribution < -0.4 is 0 Å². The van der Waals surface area contributed by atoms with E-state index in [-0.39, 0.29) is 35.1 Å². The van der Waals surface area contributed by atoms with E-state index in [0.717, 1.165) is 0 Å². The van der Waals surface area contributed by atoms with Crippen LogP contribution in [0.4, 0.5) is 5.69 Å². The van der Waals surface area contributed by atoms with Crippen molar-refractivity contribution in [2.24, 2.45) is 0 Å². The molecule has 9 nitrogen and oxygen atoms in total. The van der Waals surface area contributed by atoms with Crippen molar-refractivity contribution in [2.75, 3.05) is 14.2 Å². The van der Waals surface area contributed by atoms with E-state index in [0.29, 0.717) is 16.8 Å². The highest BCUT2D eigenvalue weighted by atomic mass is 16.6. The fraction of sp³-hybridized carbons (Fsp3) is 0.350.